The van der Waals surface area contributed by atoms with Crippen molar-refractivity contribution in [3.63, 3.8) is 0 Å². The van der Waals surface area contributed by atoms with Gasteiger partial charge >= 0.3 is 0 Å². The maximum absolute atomic E-state index is 11.9. The molecule has 0 aliphatic heterocycles. The van der Waals surface area contributed by atoms with Crippen LogP contribution < -0.4 is 21.5 Å². The van der Waals surface area contributed by atoms with Gasteiger partial charge in [0.2, 0.25) is 5.88 Å². The third-order valence-electron chi connectivity index (χ3n) is 4.97. The van der Waals surface area contributed by atoms with E-state index in [4.69, 9.17) is 21.6 Å². The first-order valence-electron chi connectivity index (χ1n) is 8.93. The molecule has 2 aromatic rings. The molecule has 1 amide bonds. The summed E-state index contributed by atoms with van der Waals surface area (Å²) in [7, 11) is 1.56. The highest BCUT2D eigenvalue weighted by molar-refractivity contribution is 6.16. The predicted molar refractivity (Wildman–Crippen MR) is 111 cm³/mol. The number of methoxy groups -OCH3 is 1. The van der Waals surface area contributed by atoms with Crippen LogP contribution in [0.2, 0.25) is 0 Å². The number of rotatable bonds is 9. The van der Waals surface area contributed by atoms with E-state index >= 15 is 0 Å². The third kappa shape index (κ3) is 4.58. The molecule has 28 heavy (non-hydrogen) atoms. The molecule has 0 fully saturated rings. The number of aromatic nitrogens is 2. The van der Waals surface area contributed by atoms with Crippen molar-refractivity contribution in [3.8, 4) is 17.0 Å². The zero-order chi connectivity index (χ0) is 20.9. The number of hydrogen-bond acceptors (Lipinski definition) is 6. The fraction of sp³-hybridized carbons (Fsp3) is 0.350. The lowest BCUT2D eigenvalue weighted by atomic mass is 9.85. The lowest BCUT2D eigenvalue weighted by molar-refractivity contribution is -0.114. The van der Waals surface area contributed by atoms with Crippen LogP contribution in [0.25, 0.3) is 16.8 Å². The summed E-state index contributed by atoms with van der Waals surface area (Å²) >= 11 is 0. The van der Waals surface area contributed by atoms with Crippen molar-refractivity contribution in [2.75, 3.05) is 13.7 Å². The second kappa shape index (κ2) is 8.71. The van der Waals surface area contributed by atoms with Crippen LogP contribution >= 0.6 is 0 Å². The van der Waals surface area contributed by atoms with E-state index in [2.05, 4.69) is 15.3 Å². The molecule has 0 aliphatic rings. The first kappa shape index (κ1) is 21.2. The predicted octanol–water partition coefficient (Wildman–Crippen LogP) is 1.89. The fourth-order valence-corrected chi connectivity index (χ4v) is 2.53. The highest BCUT2D eigenvalue weighted by Crippen LogP contribution is 2.27. The Morgan fingerprint density at radius 3 is 2.64 bits per heavy atom. The van der Waals surface area contributed by atoms with Gasteiger partial charge in [0.1, 0.15) is 0 Å². The quantitative estimate of drug-likeness (QED) is 0.331. The second-order valence-electron chi connectivity index (χ2n) is 7.25. The Kier molecular flexibility index (Phi) is 6.58. The number of H-pyrrole nitrogens is 1. The van der Waals surface area contributed by atoms with E-state index in [1.54, 1.807) is 19.4 Å². The number of nitrogens with zero attached hydrogens (tertiary/aromatic N) is 1. The molecule has 150 valence electrons. The molecular weight excluding hydrogens is 356 g/mol. The van der Waals surface area contributed by atoms with E-state index in [0.29, 0.717) is 23.8 Å². The molecule has 2 heterocycles. The number of hydrogen-bond donors (Lipinski definition) is 5. The first-order valence-corrected chi connectivity index (χ1v) is 8.93. The molecule has 2 rings (SSSR count). The summed E-state index contributed by atoms with van der Waals surface area (Å²) in [5.74, 6) is -0.156. The van der Waals surface area contributed by atoms with Gasteiger partial charge in [-0.2, -0.15) is 0 Å². The molecule has 8 nitrogen and oxygen atoms in total. The van der Waals surface area contributed by atoms with Crippen molar-refractivity contribution in [3.05, 3.63) is 41.9 Å². The normalized spacial score (nSPS) is 13.5. The Labute approximate surface area is 164 Å². The topological polar surface area (TPSA) is 143 Å². The minimum absolute atomic E-state index is 0.0730. The zero-order valence-electron chi connectivity index (χ0n) is 16.7. The molecular formula is C20H28N6O2. The van der Waals surface area contributed by atoms with Crippen molar-refractivity contribution in [1.82, 2.24) is 15.3 Å². The Balaban J connectivity index is 2.46. The first-order chi connectivity index (χ1) is 13.2. The summed E-state index contributed by atoms with van der Waals surface area (Å²) in [6.07, 6.45) is 4.47. The molecule has 1 unspecified atom stereocenters. The van der Waals surface area contributed by atoms with Gasteiger partial charge in [-0.3, -0.25) is 4.79 Å². The van der Waals surface area contributed by atoms with Crippen LogP contribution in [0.4, 0.5) is 0 Å². The minimum atomic E-state index is -0.683. The summed E-state index contributed by atoms with van der Waals surface area (Å²) in [4.78, 5) is 19.3. The smallest absolute Gasteiger partial charge is 0.252 e. The van der Waals surface area contributed by atoms with E-state index in [9.17, 15) is 4.79 Å². The lowest BCUT2D eigenvalue weighted by Crippen LogP contribution is -2.44. The number of carbonyl (C=O) groups excluding carboxylic acids is 1. The van der Waals surface area contributed by atoms with E-state index < -0.39 is 5.91 Å². The molecule has 1 atom stereocenters. The van der Waals surface area contributed by atoms with Gasteiger partial charge in [0, 0.05) is 41.8 Å². The number of pyridine rings is 1. The average molecular weight is 384 g/mol. The van der Waals surface area contributed by atoms with E-state index in [0.717, 1.165) is 17.3 Å². The summed E-state index contributed by atoms with van der Waals surface area (Å²) in [6, 6.07) is 5.47. The molecule has 0 bridgehead atoms. The Hall–Kier alpha value is -3.13. The number of nitrogens with two attached hydrogens (primary N) is 2. The van der Waals surface area contributed by atoms with E-state index in [1.165, 1.54) is 0 Å². The molecule has 0 aromatic carbocycles. The molecule has 0 radical (unpaired) electrons. The fourth-order valence-electron chi connectivity index (χ4n) is 2.53. The lowest BCUT2D eigenvalue weighted by Gasteiger charge is -2.32. The van der Waals surface area contributed by atoms with Crippen molar-refractivity contribution < 1.29 is 9.53 Å². The Morgan fingerprint density at radius 2 is 2.14 bits per heavy atom. The highest BCUT2D eigenvalue weighted by atomic mass is 16.5. The number of amides is 1. The molecule has 2 aromatic heterocycles. The number of carbonyl (C=O) groups is 1. The van der Waals surface area contributed by atoms with Crippen LogP contribution in [0.5, 0.6) is 5.88 Å². The molecule has 0 spiro atoms. The van der Waals surface area contributed by atoms with E-state index in [1.807, 2.05) is 39.1 Å². The second-order valence-corrected chi connectivity index (χ2v) is 7.25. The molecule has 0 saturated heterocycles. The number of nitrogens with one attached hydrogen (secondary N) is 3. The van der Waals surface area contributed by atoms with Crippen molar-refractivity contribution >= 4 is 17.8 Å². The van der Waals surface area contributed by atoms with Crippen LogP contribution in [0.1, 0.15) is 26.5 Å². The molecule has 0 saturated carbocycles. The zero-order valence-corrected chi connectivity index (χ0v) is 16.7. The molecule has 7 N–H and O–H groups in total. The van der Waals surface area contributed by atoms with Crippen LogP contribution in [-0.4, -0.2) is 41.8 Å². The third-order valence-corrected chi connectivity index (χ3v) is 4.97. The summed E-state index contributed by atoms with van der Waals surface area (Å²) in [5, 5.41) is 11.0. The largest absolute Gasteiger partial charge is 0.481 e. The number of aromatic amines is 1. The van der Waals surface area contributed by atoms with Gasteiger partial charge in [0.15, 0.2) is 0 Å². The summed E-state index contributed by atoms with van der Waals surface area (Å²) in [5.41, 5.74) is 14.1. The summed E-state index contributed by atoms with van der Waals surface area (Å²) in [6.45, 7) is 6.49. The standard InChI is InChI=1S/C20H28N6O2/c1-12(20(2,3)11-22)26-18(15(8-21)19(23)27)16-7-14(10-24-16)13-5-6-17(28-4)25-9-13/h5-10,12,21,24,26H,11,22H2,1-4H3,(H2,23,27)/b18-15-,21-8?. The Morgan fingerprint density at radius 1 is 1.43 bits per heavy atom. The Bertz CT molecular complexity index is 867. The molecule has 0 aliphatic carbocycles. The van der Waals surface area contributed by atoms with E-state index in [-0.39, 0.29) is 17.0 Å². The van der Waals surface area contributed by atoms with Gasteiger partial charge in [-0.15, -0.1) is 0 Å². The van der Waals surface area contributed by atoms with Gasteiger partial charge in [0.25, 0.3) is 5.91 Å². The van der Waals surface area contributed by atoms with Gasteiger partial charge in [-0.25, -0.2) is 4.98 Å². The van der Waals surface area contributed by atoms with Gasteiger partial charge < -0.3 is 31.9 Å². The monoisotopic (exact) mass is 384 g/mol. The average Bonchev–Trinajstić information content (AvgIpc) is 3.17. The van der Waals surface area contributed by atoms with Crippen LogP contribution in [0, 0.1) is 10.8 Å². The minimum Gasteiger partial charge on any atom is -0.481 e. The SMILES string of the molecule is COc1ccc(-c2c[nH]c(/C(NC(C)C(C)(C)CN)=C(\C=N)C(N)=O)c2)cn1. The van der Waals surface area contributed by atoms with Crippen LogP contribution in [-0.2, 0) is 4.79 Å². The maximum atomic E-state index is 11.9. The molecule has 8 heteroatoms. The summed E-state index contributed by atoms with van der Waals surface area (Å²) < 4.78 is 5.08. The van der Waals surface area contributed by atoms with Crippen LogP contribution in [0.15, 0.2) is 36.2 Å². The van der Waals surface area contributed by atoms with Crippen molar-refractivity contribution in [2.45, 2.75) is 26.8 Å². The highest BCUT2D eigenvalue weighted by Gasteiger charge is 2.27. The van der Waals surface area contributed by atoms with Crippen LogP contribution in [0.3, 0.4) is 0 Å². The number of primary amides is 1. The van der Waals surface area contributed by atoms with Crippen molar-refractivity contribution in [2.24, 2.45) is 16.9 Å². The van der Waals surface area contributed by atoms with Gasteiger partial charge in [0.05, 0.1) is 24.1 Å². The van der Waals surface area contributed by atoms with Gasteiger partial charge in [-0.05, 0) is 31.0 Å². The maximum Gasteiger partial charge on any atom is 0.252 e. The van der Waals surface area contributed by atoms with Crippen molar-refractivity contribution in [1.29, 1.82) is 5.41 Å². The van der Waals surface area contributed by atoms with Gasteiger partial charge in [-0.1, -0.05) is 13.8 Å². The number of ether oxygens (including phenoxy) is 1.